The van der Waals surface area contributed by atoms with Gasteiger partial charge in [-0.05, 0) is 36.9 Å². The third kappa shape index (κ3) is 1.18. The van der Waals surface area contributed by atoms with Crippen molar-refractivity contribution in [1.29, 1.82) is 0 Å². The monoisotopic (exact) mass is 198 g/mol. The maximum atomic E-state index is 11.9. The third-order valence-electron chi connectivity index (χ3n) is 4.34. The lowest BCUT2D eigenvalue weighted by atomic mass is 9.88. The fourth-order valence-electron chi connectivity index (χ4n) is 2.81. The zero-order valence-corrected chi connectivity index (χ0v) is 9.70. The van der Waals surface area contributed by atoms with Crippen LogP contribution in [0.5, 0.6) is 0 Å². The molecule has 0 aromatic carbocycles. The maximum Gasteiger partial charge on any atom is 0.148 e. The van der Waals surface area contributed by atoms with Gasteiger partial charge in [-0.1, -0.05) is 13.8 Å². The normalized spacial score (nSPS) is 47.2. The van der Waals surface area contributed by atoms with Gasteiger partial charge >= 0.3 is 0 Å². The maximum absolute atomic E-state index is 11.9. The van der Waals surface area contributed by atoms with Crippen LogP contribution in [0.3, 0.4) is 0 Å². The smallest absolute Gasteiger partial charge is 0.148 e. The molecule has 0 amide bonds. The minimum atomic E-state index is -0.0745. The number of ketones is 1. The molecule has 3 atom stereocenters. The minimum absolute atomic E-state index is 0.0745. The number of thioether (sulfide) groups is 1. The molecule has 0 aromatic rings. The third-order valence-corrected chi connectivity index (χ3v) is 5.64. The summed E-state index contributed by atoms with van der Waals surface area (Å²) >= 11 is 1.74. The molecule has 0 bridgehead atoms. The molecule has 0 heterocycles. The molecule has 2 fully saturated rings. The first-order valence-electron chi connectivity index (χ1n) is 5.00. The van der Waals surface area contributed by atoms with Crippen molar-refractivity contribution < 1.29 is 4.79 Å². The molecule has 2 aliphatic carbocycles. The van der Waals surface area contributed by atoms with E-state index >= 15 is 0 Å². The van der Waals surface area contributed by atoms with Gasteiger partial charge in [-0.2, -0.15) is 11.8 Å². The van der Waals surface area contributed by atoms with Crippen LogP contribution in [0.25, 0.3) is 0 Å². The van der Waals surface area contributed by atoms with E-state index in [1.807, 2.05) is 0 Å². The lowest BCUT2D eigenvalue weighted by Gasteiger charge is -2.29. The molecule has 0 aromatic heterocycles. The van der Waals surface area contributed by atoms with Gasteiger partial charge < -0.3 is 0 Å². The fraction of sp³-hybridized carbons (Fsp3) is 0.909. The second-order valence-corrected chi connectivity index (χ2v) is 6.61. The van der Waals surface area contributed by atoms with E-state index in [1.54, 1.807) is 11.8 Å². The quantitative estimate of drug-likeness (QED) is 0.644. The number of hydrogen-bond donors (Lipinski definition) is 0. The molecule has 0 saturated heterocycles. The van der Waals surface area contributed by atoms with Gasteiger partial charge in [0.2, 0.25) is 0 Å². The van der Waals surface area contributed by atoms with Gasteiger partial charge in [0, 0.05) is 6.42 Å². The van der Waals surface area contributed by atoms with Crippen LogP contribution >= 0.6 is 11.8 Å². The number of rotatable bonds is 1. The number of carbonyl (C=O) groups is 1. The van der Waals surface area contributed by atoms with Crippen molar-refractivity contribution in [2.45, 2.75) is 38.4 Å². The first-order chi connectivity index (χ1) is 5.92. The van der Waals surface area contributed by atoms with Crippen LogP contribution in [0, 0.1) is 17.3 Å². The Bertz CT molecular complexity index is 259. The first kappa shape index (κ1) is 9.57. The Morgan fingerprint density at radius 3 is 2.46 bits per heavy atom. The van der Waals surface area contributed by atoms with Crippen LogP contribution in [0.4, 0.5) is 0 Å². The van der Waals surface area contributed by atoms with E-state index in [1.165, 1.54) is 0 Å². The molecule has 0 aliphatic heterocycles. The van der Waals surface area contributed by atoms with Crippen LogP contribution in [0.1, 0.15) is 33.6 Å². The molecule has 0 N–H and O–H groups in total. The van der Waals surface area contributed by atoms with E-state index in [4.69, 9.17) is 0 Å². The minimum Gasteiger partial charge on any atom is -0.298 e. The predicted octanol–water partition coefficient (Wildman–Crippen LogP) is 2.74. The lowest BCUT2D eigenvalue weighted by molar-refractivity contribution is -0.122. The summed E-state index contributed by atoms with van der Waals surface area (Å²) in [5.41, 5.74) is 0.448. The summed E-state index contributed by atoms with van der Waals surface area (Å²) in [6, 6.07) is 0. The van der Waals surface area contributed by atoms with E-state index in [9.17, 15) is 4.79 Å². The summed E-state index contributed by atoms with van der Waals surface area (Å²) < 4.78 is -0.0745. The summed E-state index contributed by atoms with van der Waals surface area (Å²) in [6.07, 6.45) is 3.99. The molecule has 2 aliphatic rings. The molecule has 0 radical (unpaired) electrons. The van der Waals surface area contributed by atoms with Gasteiger partial charge in [-0.25, -0.2) is 0 Å². The second kappa shape index (κ2) is 2.53. The molecule has 2 rings (SSSR count). The van der Waals surface area contributed by atoms with Crippen LogP contribution in [-0.2, 0) is 4.79 Å². The van der Waals surface area contributed by atoms with Crippen molar-refractivity contribution in [3.8, 4) is 0 Å². The van der Waals surface area contributed by atoms with Gasteiger partial charge in [0.25, 0.3) is 0 Å². The molecule has 2 heteroatoms. The van der Waals surface area contributed by atoms with Crippen LogP contribution < -0.4 is 0 Å². The van der Waals surface area contributed by atoms with Crippen molar-refractivity contribution in [3.05, 3.63) is 0 Å². The first-order valence-corrected chi connectivity index (χ1v) is 6.23. The Balaban J connectivity index is 2.18. The van der Waals surface area contributed by atoms with Crippen LogP contribution in [0.2, 0.25) is 0 Å². The summed E-state index contributed by atoms with van der Waals surface area (Å²) in [5.74, 6) is 1.98. The highest BCUT2D eigenvalue weighted by atomic mass is 32.2. The Hall–Kier alpha value is 0.0200. The second-order valence-electron chi connectivity index (χ2n) is 5.30. The highest BCUT2D eigenvalue weighted by molar-refractivity contribution is 8.00. The predicted molar refractivity (Wildman–Crippen MR) is 56.9 cm³/mol. The molecule has 74 valence electrons. The molecule has 2 saturated carbocycles. The van der Waals surface area contributed by atoms with E-state index in [0.717, 1.165) is 18.8 Å². The Labute approximate surface area is 84.7 Å². The highest BCUT2D eigenvalue weighted by Crippen LogP contribution is 2.66. The number of Topliss-reactive ketones (excluding diaryl/α,β-unsaturated/α-hetero) is 1. The number of fused-ring (bicyclic) bond motifs is 1. The topological polar surface area (TPSA) is 17.1 Å². The summed E-state index contributed by atoms with van der Waals surface area (Å²) in [4.78, 5) is 11.9. The zero-order valence-electron chi connectivity index (χ0n) is 8.89. The van der Waals surface area contributed by atoms with Crippen LogP contribution in [-0.4, -0.2) is 16.8 Å². The van der Waals surface area contributed by atoms with Gasteiger partial charge in [-0.15, -0.1) is 0 Å². The van der Waals surface area contributed by atoms with E-state index < -0.39 is 0 Å². The average Bonchev–Trinajstić information content (AvgIpc) is 2.56. The van der Waals surface area contributed by atoms with Crippen molar-refractivity contribution in [2.24, 2.45) is 17.3 Å². The average molecular weight is 198 g/mol. The molecular weight excluding hydrogens is 180 g/mol. The standard InChI is InChI=1S/C11H18OS/c1-10(2)7-5-9(12)11(3,13-4)6-8(7)10/h7-8H,5-6H2,1-4H3/t7-,8-,11?/m0/s1. The number of carbonyl (C=O) groups excluding carboxylic acids is 1. The van der Waals surface area contributed by atoms with Gasteiger partial charge in [-0.3, -0.25) is 4.79 Å². The Morgan fingerprint density at radius 2 is 1.92 bits per heavy atom. The van der Waals surface area contributed by atoms with Gasteiger partial charge in [0.15, 0.2) is 0 Å². The van der Waals surface area contributed by atoms with Crippen molar-refractivity contribution in [1.82, 2.24) is 0 Å². The van der Waals surface area contributed by atoms with Crippen LogP contribution in [0.15, 0.2) is 0 Å². The van der Waals surface area contributed by atoms with E-state index in [-0.39, 0.29) is 4.75 Å². The Morgan fingerprint density at radius 1 is 1.31 bits per heavy atom. The summed E-state index contributed by atoms with van der Waals surface area (Å²) in [5, 5.41) is 0. The van der Waals surface area contributed by atoms with Gasteiger partial charge in [0.05, 0.1) is 4.75 Å². The fourth-order valence-corrected chi connectivity index (χ4v) is 3.47. The lowest BCUT2D eigenvalue weighted by Crippen LogP contribution is -2.35. The van der Waals surface area contributed by atoms with Crippen molar-refractivity contribution in [3.63, 3.8) is 0 Å². The molecular formula is C11H18OS. The van der Waals surface area contributed by atoms with E-state index in [0.29, 0.717) is 17.1 Å². The SMILES string of the molecule is CSC1(C)C[C@H]2[C@H](CC1=O)C2(C)C. The summed E-state index contributed by atoms with van der Waals surface area (Å²) in [7, 11) is 0. The molecule has 0 spiro atoms. The highest BCUT2D eigenvalue weighted by Gasteiger charge is 2.63. The van der Waals surface area contributed by atoms with Gasteiger partial charge in [0.1, 0.15) is 5.78 Å². The van der Waals surface area contributed by atoms with Crippen molar-refractivity contribution >= 4 is 17.5 Å². The largest absolute Gasteiger partial charge is 0.298 e. The molecule has 1 unspecified atom stereocenters. The Kier molecular flexibility index (Phi) is 1.86. The molecule has 1 nitrogen and oxygen atoms in total. The number of hydrogen-bond acceptors (Lipinski definition) is 2. The zero-order chi connectivity index (χ0) is 9.85. The van der Waals surface area contributed by atoms with Crippen molar-refractivity contribution in [2.75, 3.05) is 6.26 Å². The van der Waals surface area contributed by atoms with E-state index in [2.05, 4.69) is 27.0 Å². The molecule has 13 heavy (non-hydrogen) atoms. The summed E-state index contributed by atoms with van der Waals surface area (Å²) in [6.45, 7) is 6.73.